The molecule has 1 aliphatic heterocycles. The van der Waals surface area contributed by atoms with Crippen molar-refractivity contribution in [3.63, 3.8) is 0 Å². The number of aromatic nitrogens is 1. The number of likely N-dealkylation sites (tertiary alicyclic amines) is 1. The summed E-state index contributed by atoms with van der Waals surface area (Å²) in [6, 6.07) is 8.10. The van der Waals surface area contributed by atoms with Gasteiger partial charge in [0, 0.05) is 58.5 Å². The number of benzene rings is 1. The van der Waals surface area contributed by atoms with Crippen LogP contribution in [-0.4, -0.2) is 159 Å². The van der Waals surface area contributed by atoms with E-state index < -0.39 is 36.3 Å². The van der Waals surface area contributed by atoms with Gasteiger partial charge in [-0.3, -0.25) is 24.1 Å². The van der Waals surface area contributed by atoms with Crippen molar-refractivity contribution in [2.45, 2.75) is 143 Å². The fourth-order valence-electron chi connectivity index (χ4n) is 8.97. The highest BCUT2D eigenvalue weighted by Gasteiger charge is 2.43. The van der Waals surface area contributed by atoms with Crippen molar-refractivity contribution in [1.29, 1.82) is 0 Å². The Hall–Kier alpha value is -3.47. The Morgan fingerprint density at radius 1 is 0.875 bits per heavy atom. The number of hydrogen-bond donors (Lipinski definition) is 2. The van der Waals surface area contributed by atoms with E-state index in [-0.39, 0.29) is 59.9 Å². The zero-order valence-electron chi connectivity index (χ0n) is 41.5. The summed E-state index contributed by atoms with van der Waals surface area (Å²) < 4.78 is 18.1. The molecule has 9 atom stereocenters. The lowest BCUT2D eigenvalue weighted by molar-refractivity contribution is -0.148. The van der Waals surface area contributed by atoms with Crippen molar-refractivity contribution >= 4 is 35.0 Å². The molecule has 2 N–H and O–H groups in total. The lowest BCUT2D eigenvalue weighted by atomic mass is 9.89. The largest absolute Gasteiger partial charge is 0.379 e. The van der Waals surface area contributed by atoms with Crippen LogP contribution in [0, 0.1) is 23.7 Å². The van der Waals surface area contributed by atoms with Crippen LogP contribution in [0.3, 0.4) is 0 Å². The molecule has 64 heavy (non-hydrogen) atoms. The van der Waals surface area contributed by atoms with Crippen molar-refractivity contribution in [2.24, 2.45) is 23.7 Å². The predicted molar refractivity (Wildman–Crippen MR) is 256 cm³/mol. The van der Waals surface area contributed by atoms with E-state index in [1.807, 2.05) is 87.2 Å². The Kier molecular flexibility index (Phi) is 23.3. The number of carbonyl (C=O) groups excluding carboxylic acids is 4. The Morgan fingerprint density at radius 3 is 2.08 bits per heavy atom. The highest BCUT2D eigenvalue weighted by molar-refractivity contribution is 7.09. The molecule has 0 saturated carbocycles. The van der Waals surface area contributed by atoms with Crippen molar-refractivity contribution < 1.29 is 33.4 Å². The SMILES string of the molecule is CC[C@H](C)[C@@H]([C@@H](CC(=O)N1CCC[C@H]1[C@H](OC)[C@@H](C)C(=O)N[C@@H](Cc1ccccc1)c1nccs1)OC)N(C)C(=O)[C@@H](NC(=O)[C@H](C(C)C)N(C)CCOCCN(C)C(C)C)C(C)C. The van der Waals surface area contributed by atoms with E-state index >= 15 is 0 Å². The van der Waals surface area contributed by atoms with Crippen LogP contribution < -0.4 is 10.6 Å². The van der Waals surface area contributed by atoms with Crippen LogP contribution in [0.4, 0.5) is 0 Å². The van der Waals surface area contributed by atoms with Crippen molar-refractivity contribution in [1.82, 2.24) is 35.2 Å². The molecule has 0 unspecified atom stereocenters. The minimum atomic E-state index is -0.796. The molecule has 0 radical (unpaired) electrons. The van der Waals surface area contributed by atoms with Gasteiger partial charge in [-0.2, -0.15) is 0 Å². The molecule has 1 aliphatic rings. The summed E-state index contributed by atoms with van der Waals surface area (Å²) in [6.07, 6.45) is 3.40. The normalized spacial score (nSPS) is 18.2. The molecule has 3 rings (SSSR count). The second kappa shape index (κ2) is 27.2. The Morgan fingerprint density at radius 2 is 1.53 bits per heavy atom. The van der Waals surface area contributed by atoms with E-state index in [2.05, 4.69) is 55.3 Å². The van der Waals surface area contributed by atoms with Gasteiger partial charge in [-0.1, -0.05) is 85.2 Å². The van der Waals surface area contributed by atoms with Crippen LogP contribution >= 0.6 is 11.3 Å². The van der Waals surface area contributed by atoms with Crippen LogP contribution in [0.2, 0.25) is 0 Å². The number of nitrogens with one attached hydrogen (secondary N) is 2. The van der Waals surface area contributed by atoms with Gasteiger partial charge >= 0.3 is 0 Å². The number of hydrogen-bond acceptors (Lipinski definition) is 11. The third-order valence-corrected chi connectivity index (χ3v) is 14.2. The predicted octanol–water partition coefficient (Wildman–Crippen LogP) is 5.92. The molecule has 0 spiro atoms. The number of methoxy groups -OCH3 is 2. The molecular formula is C49H83N7O7S. The van der Waals surface area contributed by atoms with Gasteiger partial charge in [0.1, 0.15) is 11.0 Å². The molecule has 14 nitrogen and oxygen atoms in total. The van der Waals surface area contributed by atoms with Gasteiger partial charge in [0.15, 0.2) is 0 Å². The fourth-order valence-corrected chi connectivity index (χ4v) is 9.66. The summed E-state index contributed by atoms with van der Waals surface area (Å²) in [5.41, 5.74) is 1.09. The Labute approximate surface area is 389 Å². The smallest absolute Gasteiger partial charge is 0.245 e. The first-order chi connectivity index (χ1) is 30.4. The quantitative estimate of drug-likeness (QED) is 0.0988. The molecule has 4 amide bonds. The van der Waals surface area contributed by atoms with Crippen molar-refractivity contribution in [3.8, 4) is 0 Å². The minimum Gasteiger partial charge on any atom is -0.379 e. The van der Waals surface area contributed by atoms with E-state index in [9.17, 15) is 19.2 Å². The molecule has 1 aromatic carbocycles. The van der Waals surface area contributed by atoms with Gasteiger partial charge in [0.2, 0.25) is 23.6 Å². The Balaban J connectivity index is 1.74. The molecule has 1 saturated heterocycles. The topological polar surface area (TPSA) is 146 Å². The van der Waals surface area contributed by atoms with Crippen molar-refractivity contribution in [3.05, 3.63) is 52.5 Å². The minimum absolute atomic E-state index is 0.0148. The third kappa shape index (κ3) is 15.6. The zero-order chi connectivity index (χ0) is 47.7. The molecule has 1 fully saturated rings. The average Bonchev–Trinajstić information content (AvgIpc) is 3.99. The first-order valence-corrected chi connectivity index (χ1v) is 24.4. The Bertz CT molecular complexity index is 1680. The number of likely N-dealkylation sites (N-methyl/N-ethyl adjacent to an activating group) is 3. The number of amides is 4. The van der Waals surface area contributed by atoms with Crippen LogP contribution in [0.25, 0.3) is 0 Å². The van der Waals surface area contributed by atoms with Gasteiger partial charge in [0.25, 0.3) is 0 Å². The van der Waals surface area contributed by atoms with Crippen LogP contribution in [0.15, 0.2) is 41.9 Å². The summed E-state index contributed by atoms with van der Waals surface area (Å²) in [6.45, 7) is 21.2. The molecule has 2 heterocycles. The highest BCUT2D eigenvalue weighted by atomic mass is 32.1. The molecule has 0 aliphatic carbocycles. The molecule has 15 heteroatoms. The first-order valence-electron chi connectivity index (χ1n) is 23.5. The van der Waals surface area contributed by atoms with E-state index in [4.69, 9.17) is 14.2 Å². The summed E-state index contributed by atoms with van der Waals surface area (Å²) in [5, 5.41) is 9.11. The standard InChI is InChI=1S/C49H83N7O7S/c1-15-35(8)44(55(12)49(60)42(32(2)3)52-47(59)43(33(4)5)54(11)26-28-63-27-25-53(10)34(6)7)40(61-13)31-41(57)56-24-19-22-39(56)45(62-14)36(9)46(58)51-38(48-50-23-29-64-48)30-37-20-17-16-18-21-37/h16-18,20-21,23,29,32-36,38-40,42-45H,15,19,22,24-28,30-31H2,1-14H3,(H,51,58)(H,52,59)/t35-,36+,38-,39-,40+,42-,43-,44-,45+/m0/s1. The number of carbonyl (C=O) groups is 4. The average molecular weight is 914 g/mol. The fraction of sp³-hybridized carbons (Fsp3) is 0.735. The molecule has 362 valence electrons. The number of rotatable bonds is 28. The van der Waals surface area contributed by atoms with Crippen LogP contribution in [0.5, 0.6) is 0 Å². The molecule has 0 bridgehead atoms. The van der Waals surface area contributed by atoms with E-state index in [0.717, 1.165) is 30.0 Å². The van der Waals surface area contributed by atoms with Gasteiger partial charge < -0.3 is 39.5 Å². The molecule has 1 aromatic heterocycles. The van der Waals surface area contributed by atoms with Crippen molar-refractivity contribution in [2.75, 3.05) is 68.2 Å². The van der Waals surface area contributed by atoms with Crippen LogP contribution in [0.1, 0.15) is 105 Å². The van der Waals surface area contributed by atoms with Crippen LogP contribution in [-0.2, 0) is 39.8 Å². The summed E-state index contributed by atoms with van der Waals surface area (Å²) in [7, 11) is 8.94. The maximum atomic E-state index is 14.6. The summed E-state index contributed by atoms with van der Waals surface area (Å²) >= 11 is 1.51. The molecule has 2 aromatic rings. The van der Waals surface area contributed by atoms with Gasteiger partial charge in [-0.05, 0) is 70.5 Å². The van der Waals surface area contributed by atoms with E-state index in [0.29, 0.717) is 45.2 Å². The highest BCUT2D eigenvalue weighted by Crippen LogP contribution is 2.31. The number of thiazole rings is 1. The molecular weight excluding hydrogens is 831 g/mol. The lowest BCUT2D eigenvalue weighted by Gasteiger charge is -2.41. The third-order valence-electron chi connectivity index (χ3n) is 13.3. The second-order valence-electron chi connectivity index (χ2n) is 18.8. The maximum absolute atomic E-state index is 14.6. The summed E-state index contributed by atoms with van der Waals surface area (Å²) in [4.78, 5) is 69.4. The van der Waals surface area contributed by atoms with Gasteiger partial charge in [0.05, 0.1) is 61.9 Å². The lowest BCUT2D eigenvalue weighted by Crippen LogP contribution is -2.60. The maximum Gasteiger partial charge on any atom is 0.245 e. The van der Waals surface area contributed by atoms with Gasteiger partial charge in [-0.15, -0.1) is 11.3 Å². The number of ether oxygens (including phenoxy) is 3. The second-order valence-corrected chi connectivity index (χ2v) is 19.7. The van der Waals surface area contributed by atoms with E-state index in [1.54, 1.807) is 32.4 Å². The first kappa shape index (κ1) is 54.9. The van der Waals surface area contributed by atoms with Gasteiger partial charge in [-0.25, -0.2) is 4.98 Å². The number of nitrogens with zero attached hydrogens (tertiary/aromatic N) is 5. The zero-order valence-corrected chi connectivity index (χ0v) is 42.4. The monoisotopic (exact) mass is 914 g/mol. The van der Waals surface area contributed by atoms with E-state index in [1.165, 1.54) is 11.3 Å². The summed E-state index contributed by atoms with van der Waals surface area (Å²) in [5.74, 6) is -1.53.